The Morgan fingerprint density at radius 3 is 2.88 bits per heavy atom. The van der Waals surface area contributed by atoms with Crippen LogP contribution in [0.1, 0.15) is 24.8 Å². The fraction of sp³-hybridized carbons (Fsp3) is 0.417. The highest BCUT2D eigenvalue weighted by Gasteiger charge is 2.26. The number of nitrogens with two attached hydrogens (primary N) is 1. The predicted molar refractivity (Wildman–Crippen MR) is 57.4 cm³/mol. The number of hydrogen-bond donors (Lipinski definition) is 1. The first kappa shape index (κ1) is 10.9. The fourth-order valence-corrected chi connectivity index (χ4v) is 1.98. The van der Waals surface area contributed by atoms with Crippen molar-refractivity contribution in [2.45, 2.75) is 31.4 Å². The predicted octanol–water partition coefficient (Wildman–Crippen LogP) is 1.96. The van der Waals surface area contributed by atoms with Gasteiger partial charge in [-0.1, -0.05) is 6.07 Å². The Labute approximate surface area is 93.6 Å². The number of ether oxygens (including phenoxy) is 1. The molecule has 1 saturated carbocycles. The second-order valence-electron chi connectivity index (χ2n) is 3.98. The highest BCUT2D eigenvalue weighted by atomic mass is 19.1. The van der Waals surface area contributed by atoms with Crippen molar-refractivity contribution in [3.8, 4) is 11.8 Å². The van der Waals surface area contributed by atoms with Crippen molar-refractivity contribution in [1.29, 1.82) is 5.26 Å². The van der Waals surface area contributed by atoms with Gasteiger partial charge in [-0.05, 0) is 31.4 Å². The van der Waals surface area contributed by atoms with Crippen LogP contribution in [0.3, 0.4) is 0 Å². The molecule has 1 aliphatic carbocycles. The molecule has 2 atom stereocenters. The van der Waals surface area contributed by atoms with E-state index in [-0.39, 0.29) is 17.7 Å². The molecule has 3 nitrogen and oxygen atoms in total. The van der Waals surface area contributed by atoms with Gasteiger partial charge < -0.3 is 10.5 Å². The number of nitriles is 1. The van der Waals surface area contributed by atoms with Crippen LogP contribution in [0, 0.1) is 17.1 Å². The molecule has 0 bridgehead atoms. The van der Waals surface area contributed by atoms with Gasteiger partial charge in [-0.25, -0.2) is 4.39 Å². The average Bonchev–Trinajstić information content (AvgIpc) is 2.65. The normalized spacial score (nSPS) is 24.1. The lowest BCUT2D eigenvalue weighted by atomic mass is 10.2. The summed E-state index contributed by atoms with van der Waals surface area (Å²) in [5, 5.41) is 8.84. The van der Waals surface area contributed by atoms with Crippen molar-refractivity contribution in [3.63, 3.8) is 0 Å². The highest BCUT2D eigenvalue weighted by Crippen LogP contribution is 2.27. The molecular formula is C12H13FN2O. The van der Waals surface area contributed by atoms with Crippen molar-refractivity contribution in [3.05, 3.63) is 29.6 Å². The van der Waals surface area contributed by atoms with Crippen LogP contribution in [-0.4, -0.2) is 12.1 Å². The maximum atomic E-state index is 13.3. The van der Waals surface area contributed by atoms with Crippen molar-refractivity contribution >= 4 is 0 Å². The van der Waals surface area contributed by atoms with Crippen LogP contribution >= 0.6 is 0 Å². The Bertz CT molecular complexity index is 428. The largest absolute Gasteiger partial charge is 0.487 e. The van der Waals surface area contributed by atoms with Crippen LogP contribution in [0.2, 0.25) is 0 Å². The molecular weight excluding hydrogens is 207 g/mol. The van der Waals surface area contributed by atoms with Crippen molar-refractivity contribution in [2.24, 2.45) is 5.73 Å². The van der Waals surface area contributed by atoms with E-state index in [2.05, 4.69) is 0 Å². The van der Waals surface area contributed by atoms with E-state index in [9.17, 15) is 4.39 Å². The van der Waals surface area contributed by atoms with Crippen molar-refractivity contribution in [2.75, 3.05) is 0 Å². The van der Waals surface area contributed by atoms with Crippen LogP contribution in [0.4, 0.5) is 4.39 Å². The number of benzene rings is 1. The Kier molecular flexibility index (Phi) is 3.07. The molecule has 0 saturated heterocycles. The van der Waals surface area contributed by atoms with E-state index in [0.29, 0.717) is 5.75 Å². The third-order valence-electron chi connectivity index (χ3n) is 2.87. The van der Waals surface area contributed by atoms with E-state index in [0.717, 1.165) is 19.3 Å². The molecule has 0 aliphatic heterocycles. The summed E-state index contributed by atoms with van der Waals surface area (Å²) in [7, 11) is 0. The second-order valence-corrected chi connectivity index (χ2v) is 3.98. The van der Waals surface area contributed by atoms with Crippen LogP contribution in [0.15, 0.2) is 18.2 Å². The quantitative estimate of drug-likeness (QED) is 0.828. The number of halogens is 1. The van der Waals surface area contributed by atoms with E-state index < -0.39 is 5.82 Å². The van der Waals surface area contributed by atoms with Gasteiger partial charge in [-0.3, -0.25) is 0 Å². The van der Waals surface area contributed by atoms with Crippen LogP contribution in [0.5, 0.6) is 5.75 Å². The Morgan fingerprint density at radius 1 is 1.44 bits per heavy atom. The molecule has 84 valence electrons. The highest BCUT2D eigenvalue weighted by molar-refractivity contribution is 5.44. The first-order chi connectivity index (χ1) is 7.72. The molecule has 0 heterocycles. The van der Waals surface area contributed by atoms with Gasteiger partial charge in [0.05, 0.1) is 0 Å². The van der Waals surface area contributed by atoms with Gasteiger partial charge in [0, 0.05) is 6.04 Å². The lowest BCUT2D eigenvalue weighted by Gasteiger charge is -2.18. The van der Waals surface area contributed by atoms with Gasteiger partial charge in [0.15, 0.2) is 0 Å². The maximum absolute atomic E-state index is 13.3. The minimum atomic E-state index is -0.549. The van der Waals surface area contributed by atoms with E-state index in [1.54, 1.807) is 6.07 Å². The van der Waals surface area contributed by atoms with E-state index in [1.807, 2.05) is 6.07 Å². The monoisotopic (exact) mass is 220 g/mol. The molecule has 0 aromatic heterocycles. The molecule has 1 fully saturated rings. The molecule has 1 aromatic rings. The van der Waals surface area contributed by atoms with Crippen LogP contribution in [-0.2, 0) is 0 Å². The molecule has 0 spiro atoms. The number of hydrogen-bond acceptors (Lipinski definition) is 3. The molecule has 0 radical (unpaired) electrons. The Morgan fingerprint density at radius 2 is 2.25 bits per heavy atom. The molecule has 16 heavy (non-hydrogen) atoms. The molecule has 1 aromatic carbocycles. The third kappa shape index (κ3) is 2.00. The van der Waals surface area contributed by atoms with E-state index in [4.69, 9.17) is 15.7 Å². The zero-order valence-electron chi connectivity index (χ0n) is 8.82. The van der Waals surface area contributed by atoms with Crippen molar-refractivity contribution in [1.82, 2.24) is 0 Å². The van der Waals surface area contributed by atoms with Crippen molar-refractivity contribution < 1.29 is 9.13 Å². The summed E-state index contributed by atoms with van der Waals surface area (Å²) >= 11 is 0. The van der Waals surface area contributed by atoms with Gasteiger partial charge in [0.1, 0.15) is 29.3 Å². The van der Waals surface area contributed by atoms with E-state index in [1.165, 1.54) is 12.1 Å². The first-order valence-corrected chi connectivity index (χ1v) is 5.33. The fourth-order valence-electron chi connectivity index (χ4n) is 1.98. The topological polar surface area (TPSA) is 59.0 Å². The van der Waals surface area contributed by atoms with E-state index >= 15 is 0 Å². The zero-order valence-corrected chi connectivity index (χ0v) is 8.82. The zero-order chi connectivity index (χ0) is 11.5. The molecule has 1 aliphatic rings. The summed E-state index contributed by atoms with van der Waals surface area (Å²) in [5.74, 6) is -0.253. The number of rotatable bonds is 2. The minimum absolute atomic E-state index is 0.0187. The summed E-state index contributed by atoms with van der Waals surface area (Å²) in [6, 6.07) is 6.18. The number of nitrogens with zero attached hydrogens (tertiary/aromatic N) is 1. The summed E-state index contributed by atoms with van der Waals surface area (Å²) in [4.78, 5) is 0. The molecule has 2 N–H and O–H groups in total. The summed E-state index contributed by atoms with van der Waals surface area (Å²) in [5.41, 5.74) is 5.81. The lowest BCUT2D eigenvalue weighted by Crippen LogP contribution is -2.33. The van der Waals surface area contributed by atoms with Gasteiger partial charge in [-0.15, -0.1) is 0 Å². The molecule has 4 heteroatoms. The smallest absolute Gasteiger partial charge is 0.144 e. The third-order valence-corrected chi connectivity index (χ3v) is 2.87. The summed E-state index contributed by atoms with van der Waals surface area (Å²) in [6.45, 7) is 0. The standard InChI is InChI=1S/C12H13FN2O/c13-9-3-1-5-11(8(9)7-14)16-12-6-2-4-10(12)15/h1,3,5,10,12H,2,4,6,15H2. The Balaban J connectivity index is 2.21. The minimum Gasteiger partial charge on any atom is -0.487 e. The SMILES string of the molecule is N#Cc1c(F)cccc1OC1CCCC1N. The second kappa shape index (κ2) is 4.50. The van der Waals surface area contributed by atoms with Gasteiger partial charge >= 0.3 is 0 Å². The summed E-state index contributed by atoms with van der Waals surface area (Å²) in [6.07, 6.45) is 2.70. The average molecular weight is 220 g/mol. The molecule has 2 rings (SSSR count). The first-order valence-electron chi connectivity index (χ1n) is 5.33. The summed E-state index contributed by atoms with van der Waals surface area (Å²) < 4.78 is 18.9. The molecule has 0 amide bonds. The maximum Gasteiger partial charge on any atom is 0.144 e. The van der Waals surface area contributed by atoms with Crippen LogP contribution < -0.4 is 10.5 Å². The van der Waals surface area contributed by atoms with Gasteiger partial charge in [0.2, 0.25) is 0 Å². The van der Waals surface area contributed by atoms with Gasteiger partial charge in [0.25, 0.3) is 0 Å². The van der Waals surface area contributed by atoms with Crippen LogP contribution in [0.25, 0.3) is 0 Å². The lowest BCUT2D eigenvalue weighted by molar-refractivity contribution is 0.190. The Hall–Kier alpha value is -1.60. The van der Waals surface area contributed by atoms with Gasteiger partial charge in [-0.2, -0.15) is 5.26 Å². The molecule has 2 unspecified atom stereocenters.